The molecule has 0 unspecified atom stereocenters. The van der Waals surface area contributed by atoms with Crippen LogP contribution in [0.25, 0.3) is 5.65 Å². The molecule has 8 heteroatoms. The van der Waals surface area contributed by atoms with E-state index in [-0.39, 0.29) is 11.1 Å². The molecule has 0 atom stereocenters. The molecule has 3 aromatic rings. The molecule has 23 heavy (non-hydrogen) atoms. The van der Waals surface area contributed by atoms with E-state index in [2.05, 4.69) is 20.7 Å². The van der Waals surface area contributed by atoms with Gasteiger partial charge in [-0.15, -0.1) is 10.2 Å². The van der Waals surface area contributed by atoms with E-state index in [1.807, 2.05) is 28.8 Å². The highest BCUT2D eigenvalue weighted by Crippen LogP contribution is 2.20. The van der Waals surface area contributed by atoms with Gasteiger partial charge >= 0.3 is 0 Å². The first-order valence-corrected chi connectivity index (χ1v) is 7.69. The summed E-state index contributed by atoms with van der Waals surface area (Å²) < 4.78 is 6.77. The Kier molecular flexibility index (Phi) is 4.57. The number of halogens is 1. The second-order valence-corrected chi connectivity index (χ2v) is 5.51. The standard InChI is InChI=1S/C15H16ClN5O2/c1-10-11(15(16)23-20-10)5-6-14(22)17-8-7-13-19-18-12-4-2-3-9-21(12)13/h2-4,9H,5-8H2,1H3,(H,17,22). The van der Waals surface area contributed by atoms with Crippen molar-refractivity contribution in [1.29, 1.82) is 0 Å². The molecule has 0 aliphatic carbocycles. The lowest BCUT2D eigenvalue weighted by atomic mass is 10.1. The van der Waals surface area contributed by atoms with Crippen molar-refractivity contribution < 1.29 is 9.32 Å². The number of aryl methyl sites for hydroxylation is 1. The average molecular weight is 334 g/mol. The van der Waals surface area contributed by atoms with E-state index in [9.17, 15) is 4.79 Å². The van der Waals surface area contributed by atoms with Gasteiger partial charge in [0.25, 0.3) is 0 Å². The third-order valence-corrected chi connectivity index (χ3v) is 3.89. The Hall–Kier alpha value is -2.41. The Morgan fingerprint density at radius 3 is 3.00 bits per heavy atom. The summed E-state index contributed by atoms with van der Waals surface area (Å²) >= 11 is 5.88. The van der Waals surface area contributed by atoms with Gasteiger partial charge in [-0.25, -0.2) is 0 Å². The number of amides is 1. The summed E-state index contributed by atoms with van der Waals surface area (Å²) in [5, 5.41) is 15.1. The fourth-order valence-electron chi connectivity index (χ4n) is 2.34. The number of hydrogen-bond donors (Lipinski definition) is 1. The number of fused-ring (bicyclic) bond motifs is 1. The first-order valence-electron chi connectivity index (χ1n) is 7.31. The van der Waals surface area contributed by atoms with Crippen LogP contribution in [0.15, 0.2) is 28.9 Å². The van der Waals surface area contributed by atoms with E-state index in [0.717, 1.165) is 22.7 Å². The molecule has 1 N–H and O–H groups in total. The van der Waals surface area contributed by atoms with E-state index < -0.39 is 0 Å². The van der Waals surface area contributed by atoms with E-state index in [4.69, 9.17) is 16.1 Å². The normalized spacial score (nSPS) is 11.0. The lowest BCUT2D eigenvalue weighted by Crippen LogP contribution is -2.26. The molecular formula is C15H16ClN5O2. The topological polar surface area (TPSA) is 85.3 Å². The molecule has 0 aliphatic rings. The van der Waals surface area contributed by atoms with Gasteiger partial charge < -0.3 is 9.84 Å². The number of carbonyl (C=O) groups is 1. The molecule has 3 rings (SSSR count). The Bertz CT molecular complexity index is 807. The lowest BCUT2D eigenvalue weighted by molar-refractivity contribution is -0.121. The van der Waals surface area contributed by atoms with E-state index >= 15 is 0 Å². The van der Waals surface area contributed by atoms with Crippen LogP contribution >= 0.6 is 11.6 Å². The first-order chi connectivity index (χ1) is 11.1. The molecule has 0 aromatic carbocycles. The molecule has 0 spiro atoms. The molecule has 0 radical (unpaired) electrons. The summed E-state index contributed by atoms with van der Waals surface area (Å²) in [7, 11) is 0. The lowest BCUT2D eigenvalue weighted by Gasteiger charge is -2.04. The summed E-state index contributed by atoms with van der Waals surface area (Å²) in [4.78, 5) is 11.9. The van der Waals surface area contributed by atoms with Crippen LogP contribution < -0.4 is 5.32 Å². The maximum Gasteiger partial charge on any atom is 0.229 e. The van der Waals surface area contributed by atoms with Crippen molar-refractivity contribution >= 4 is 23.2 Å². The van der Waals surface area contributed by atoms with Crippen molar-refractivity contribution in [2.45, 2.75) is 26.2 Å². The maximum absolute atomic E-state index is 11.9. The van der Waals surface area contributed by atoms with Gasteiger partial charge in [-0.2, -0.15) is 0 Å². The molecular weight excluding hydrogens is 318 g/mol. The van der Waals surface area contributed by atoms with Gasteiger partial charge in [-0.05, 0) is 37.1 Å². The minimum Gasteiger partial charge on any atom is -0.356 e. The molecule has 0 saturated heterocycles. The van der Waals surface area contributed by atoms with Crippen molar-refractivity contribution in [1.82, 2.24) is 25.1 Å². The predicted octanol–water partition coefficient (Wildman–Crippen LogP) is 1.97. The SMILES string of the molecule is Cc1noc(Cl)c1CCC(=O)NCCc1nnc2ccccn12. The van der Waals surface area contributed by atoms with Gasteiger partial charge in [-0.1, -0.05) is 11.2 Å². The Morgan fingerprint density at radius 2 is 2.22 bits per heavy atom. The van der Waals surface area contributed by atoms with Crippen molar-refractivity contribution in [2.24, 2.45) is 0 Å². The van der Waals surface area contributed by atoms with Crippen molar-refractivity contribution in [3.05, 3.63) is 46.7 Å². The number of rotatable bonds is 6. The highest BCUT2D eigenvalue weighted by atomic mass is 35.5. The molecule has 0 fully saturated rings. The van der Waals surface area contributed by atoms with Crippen molar-refractivity contribution in [3.8, 4) is 0 Å². The van der Waals surface area contributed by atoms with E-state index in [1.165, 1.54) is 0 Å². The second kappa shape index (κ2) is 6.78. The number of hydrogen-bond acceptors (Lipinski definition) is 5. The summed E-state index contributed by atoms with van der Waals surface area (Å²) in [5.74, 6) is 0.773. The maximum atomic E-state index is 11.9. The summed E-state index contributed by atoms with van der Waals surface area (Å²) in [6.45, 7) is 2.31. The van der Waals surface area contributed by atoms with Crippen LogP contribution in [-0.2, 0) is 17.6 Å². The van der Waals surface area contributed by atoms with Crippen LogP contribution in [0.5, 0.6) is 0 Å². The third kappa shape index (κ3) is 3.50. The largest absolute Gasteiger partial charge is 0.356 e. The highest BCUT2D eigenvalue weighted by Gasteiger charge is 2.12. The summed E-state index contributed by atoms with van der Waals surface area (Å²) in [5.41, 5.74) is 2.30. The van der Waals surface area contributed by atoms with E-state index in [0.29, 0.717) is 25.8 Å². The summed E-state index contributed by atoms with van der Waals surface area (Å²) in [6.07, 6.45) is 3.36. The molecule has 0 aliphatic heterocycles. The van der Waals surface area contributed by atoms with Gasteiger partial charge in [0.15, 0.2) is 5.65 Å². The molecule has 0 bridgehead atoms. The fourth-order valence-corrected chi connectivity index (χ4v) is 2.61. The predicted molar refractivity (Wildman–Crippen MR) is 84.3 cm³/mol. The number of pyridine rings is 1. The molecule has 3 heterocycles. The minimum absolute atomic E-state index is 0.0458. The number of aromatic nitrogens is 4. The molecule has 7 nitrogen and oxygen atoms in total. The van der Waals surface area contributed by atoms with Gasteiger partial charge in [0, 0.05) is 31.1 Å². The van der Waals surface area contributed by atoms with Crippen molar-refractivity contribution in [3.63, 3.8) is 0 Å². The number of nitrogens with one attached hydrogen (secondary N) is 1. The molecule has 1 amide bonds. The minimum atomic E-state index is -0.0458. The van der Waals surface area contributed by atoms with Crippen LogP contribution in [-0.4, -0.2) is 32.2 Å². The van der Waals surface area contributed by atoms with Crippen LogP contribution in [0.3, 0.4) is 0 Å². The quantitative estimate of drug-likeness (QED) is 0.745. The van der Waals surface area contributed by atoms with Crippen LogP contribution in [0, 0.1) is 6.92 Å². The Morgan fingerprint density at radius 1 is 1.35 bits per heavy atom. The van der Waals surface area contributed by atoms with Crippen LogP contribution in [0.1, 0.15) is 23.5 Å². The molecule has 120 valence electrons. The van der Waals surface area contributed by atoms with E-state index in [1.54, 1.807) is 6.92 Å². The Balaban J connectivity index is 1.48. The zero-order valence-electron chi connectivity index (χ0n) is 12.6. The summed E-state index contributed by atoms with van der Waals surface area (Å²) in [6, 6.07) is 5.72. The molecule has 3 aromatic heterocycles. The average Bonchev–Trinajstić information content (AvgIpc) is 3.10. The molecule has 0 saturated carbocycles. The van der Waals surface area contributed by atoms with Gasteiger partial charge in [-0.3, -0.25) is 9.20 Å². The van der Waals surface area contributed by atoms with Gasteiger partial charge in [0.1, 0.15) is 5.82 Å². The monoisotopic (exact) mass is 333 g/mol. The second-order valence-electron chi connectivity index (χ2n) is 5.17. The fraction of sp³-hybridized carbons (Fsp3) is 0.333. The first kappa shape index (κ1) is 15.5. The third-order valence-electron chi connectivity index (χ3n) is 3.59. The van der Waals surface area contributed by atoms with Gasteiger partial charge in [0.05, 0.1) is 5.69 Å². The van der Waals surface area contributed by atoms with Gasteiger partial charge in [0.2, 0.25) is 11.1 Å². The van der Waals surface area contributed by atoms with Crippen LogP contribution in [0.4, 0.5) is 0 Å². The highest BCUT2D eigenvalue weighted by molar-refractivity contribution is 6.29. The zero-order chi connectivity index (χ0) is 16.2. The zero-order valence-corrected chi connectivity index (χ0v) is 13.4. The Labute approximate surface area is 137 Å². The van der Waals surface area contributed by atoms with Crippen molar-refractivity contribution in [2.75, 3.05) is 6.54 Å². The van der Waals surface area contributed by atoms with Crippen LogP contribution in [0.2, 0.25) is 5.22 Å². The number of nitrogens with zero attached hydrogens (tertiary/aromatic N) is 4. The number of carbonyl (C=O) groups excluding carboxylic acids is 1. The smallest absolute Gasteiger partial charge is 0.229 e.